The van der Waals surface area contributed by atoms with Crippen molar-refractivity contribution in [2.24, 2.45) is 0 Å². The fourth-order valence-corrected chi connectivity index (χ4v) is 2.14. The second kappa shape index (κ2) is 5.56. The molecule has 5 nitrogen and oxygen atoms in total. The number of rotatable bonds is 3. The predicted molar refractivity (Wildman–Crippen MR) is 77.0 cm³/mol. The van der Waals surface area contributed by atoms with Gasteiger partial charge in [0.1, 0.15) is 0 Å². The van der Waals surface area contributed by atoms with Crippen LogP contribution in [0, 0.1) is 6.92 Å². The topological polar surface area (TPSA) is 86.2 Å². The first-order valence-corrected chi connectivity index (χ1v) is 6.29. The molecule has 20 heavy (non-hydrogen) atoms. The zero-order valence-electron chi connectivity index (χ0n) is 10.3. The maximum Gasteiger partial charge on any atom is 0.337 e. The summed E-state index contributed by atoms with van der Waals surface area (Å²) in [5.41, 5.74) is 1.49. The number of phenolic OH excluding ortho intramolecular Hbond substituents is 1. The number of hydrogen-bond donors (Lipinski definition) is 3. The van der Waals surface area contributed by atoms with Crippen LogP contribution in [-0.2, 0) is 4.79 Å². The van der Waals surface area contributed by atoms with Crippen LogP contribution in [0.2, 0.25) is 10.0 Å². The molecule has 0 aliphatic carbocycles. The van der Waals surface area contributed by atoms with Crippen LogP contribution < -0.4 is 0 Å². The van der Waals surface area contributed by atoms with Crippen molar-refractivity contribution in [3.8, 4) is 5.75 Å². The molecule has 1 heterocycles. The van der Waals surface area contributed by atoms with Crippen LogP contribution in [0.15, 0.2) is 18.2 Å². The number of aromatic hydroxyl groups is 1. The van der Waals surface area contributed by atoms with Crippen molar-refractivity contribution >= 4 is 40.8 Å². The van der Waals surface area contributed by atoms with Gasteiger partial charge in [-0.2, -0.15) is 5.10 Å². The Morgan fingerprint density at radius 2 is 1.90 bits per heavy atom. The van der Waals surface area contributed by atoms with Crippen LogP contribution in [0.1, 0.15) is 17.0 Å². The third kappa shape index (κ3) is 2.95. The van der Waals surface area contributed by atoms with Crippen molar-refractivity contribution in [1.29, 1.82) is 0 Å². The fourth-order valence-electron chi connectivity index (χ4n) is 1.64. The van der Waals surface area contributed by atoms with Crippen molar-refractivity contribution in [2.45, 2.75) is 6.92 Å². The summed E-state index contributed by atoms with van der Waals surface area (Å²) in [6.45, 7) is 1.77. The van der Waals surface area contributed by atoms with Gasteiger partial charge < -0.3 is 10.2 Å². The Labute approximate surface area is 124 Å². The summed E-state index contributed by atoms with van der Waals surface area (Å²) in [5.74, 6) is -1.37. The van der Waals surface area contributed by atoms with Crippen LogP contribution in [0.4, 0.5) is 0 Å². The number of aromatic amines is 1. The van der Waals surface area contributed by atoms with Gasteiger partial charge in [-0.1, -0.05) is 23.2 Å². The first kappa shape index (κ1) is 14.4. The summed E-state index contributed by atoms with van der Waals surface area (Å²) in [7, 11) is 0. The molecule has 3 N–H and O–H groups in total. The number of carboxylic acids is 1. The zero-order valence-corrected chi connectivity index (χ0v) is 11.8. The predicted octanol–water partition coefficient (Wildman–Crippen LogP) is 3.36. The lowest BCUT2D eigenvalue weighted by Crippen LogP contribution is -2.00. The van der Waals surface area contributed by atoms with E-state index in [9.17, 15) is 15.0 Å². The minimum Gasteiger partial charge on any atom is -0.505 e. The highest BCUT2D eigenvalue weighted by Gasteiger charge is 2.14. The first-order chi connectivity index (χ1) is 9.38. The molecule has 0 radical (unpaired) electrons. The molecule has 0 aliphatic heterocycles. The van der Waals surface area contributed by atoms with Gasteiger partial charge in [-0.05, 0) is 36.8 Å². The molecule has 0 bridgehead atoms. The van der Waals surface area contributed by atoms with Gasteiger partial charge in [0.05, 0.1) is 21.3 Å². The standard InChI is InChI=1S/C13H10Cl2N2O3/c1-6-2-11(17-16-6)8(13(19)20)3-7-4-9(14)12(18)10(15)5-7/h2-5,18H,1H3,(H,16,17)(H,19,20). The largest absolute Gasteiger partial charge is 0.505 e. The molecule has 2 aromatic rings. The second-order valence-corrected chi connectivity index (χ2v) is 4.95. The lowest BCUT2D eigenvalue weighted by atomic mass is 10.1. The summed E-state index contributed by atoms with van der Waals surface area (Å²) in [6.07, 6.45) is 1.38. The van der Waals surface area contributed by atoms with Gasteiger partial charge in [0.15, 0.2) is 5.75 Å². The summed E-state index contributed by atoms with van der Waals surface area (Å²) in [6, 6.07) is 4.46. The Morgan fingerprint density at radius 1 is 1.30 bits per heavy atom. The number of halogens is 2. The number of nitrogens with zero attached hydrogens (tertiary/aromatic N) is 1. The first-order valence-electron chi connectivity index (χ1n) is 5.54. The molecule has 7 heteroatoms. The van der Waals surface area contributed by atoms with Gasteiger partial charge in [0, 0.05) is 5.69 Å². The molecule has 1 aromatic carbocycles. The van der Waals surface area contributed by atoms with Crippen LogP contribution in [-0.4, -0.2) is 26.4 Å². The molecule has 1 aromatic heterocycles. The number of phenols is 1. The van der Waals surface area contributed by atoms with Crippen LogP contribution in [0.3, 0.4) is 0 Å². The second-order valence-electron chi connectivity index (χ2n) is 4.13. The molecule has 0 fully saturated rings. The van der Waals surface area contributed by atoms with E-state index in [0.29, 0.717) is 11.3 Å². The number of H-pyrrole nitrogens is 1. The van der Waals surface area contributed by atoms with Crippen molar-refractivity contribution in [3.63, 3.8) is 0 Å². The lowest BCUT2D eigenvalue weighted by Gasteiger charge is -2.03. The van der Waals surface area contributed by atoms with E-state index in [-0.39, 0.29) is 21.4 Å². The van der Waals surface area contributed by atoms with Crippen molar-refractivity contribution in [3.05, 3.63) is 45.2 Å². The monoisotopic (exact) mass is 312 g/mol. The van der Waals surface area contributed by atoms with E-state index in [4.69, 9.17) is 23.2 Å². The number of aliphatic carboxylic acids is 1. The quantitative estimate of drug-likeness (QED) is 0.758. The molecule has 0 saturated heterocycles. The summed E-state index contributed by atoms with van der Waals surface area (Å²) < 4.78 is 0. The van der Waals surface area contributed by atoms with Crippen molar-refractivity contribution in [1.82, 2.24) is 10.2 Å². The number of nitrogens with one attached hydrogen (secondary N) is 1. The number of aromatic nitrogens is 2. The highest BCUT2D eigenvalue weighted by molar-refractivity contribution is 6.37. The number of aryl methyl sites for hydroxylation is 1. The van der Waals surface area contributed by atoms with Crippen molar-refractivity contribution < 1.29 is 15.0 Å². The number of carboxylic acid groups (broad SMARTS) is 1. The fraction of sp³-hybridized carbons (Fsp3) is 0.0769. The van der Waals surface area contributed by atoms with Crippen LogP contribution in [0.5, 0.6) is 5.75 Å². The van der Waals surface area contributed by atoms with E-state index < -0.39 is 5.97 Å². The average Bonchev–Trinajstić information content (AvgIpc) is 2.79. The zero-order chi connectivity index (χ0) is 14.9. The van der Waals surface area contributed by atoms with E-state index in [1.165, 1.54) is 18.2 Å². The average molecular weight is 313 g/mol. The van der Waals surface area contributed by atoms with E-state index in [1.807, 2.05) is 0 Å². The van der Waals surface area contributed by atoms with Crippen LogP contribution in [0.25, 0.3) is 11.6 Å². The molecule has 0 amide bonds. The molecule has 0 atom stereocenters. The number of hydrogen-bond acceptors (Lipinski definition) is 3. The van der Waals surface area contributed by atoms with Gasteiger partial charge in [-0.25, -0.2) is 4.79 Å². The Hall–Kier alpha value is -1.98. The molecule has 0 saturated carbocycles. The summed E-state index contributed by atoms with van der Waals surface area (Å²) in [4.78, 5) is 11.3. The summed E-state index contributed by atoms with van der Waals surface area (Å²) >= 11 is 11.6. The highest BCUT2D eigenvalue weighted by Crippen LogP contribution is 2.33. The minimum absolute atomic E-state index is 0.00725. The molecular weight excluding hydrogens is 303 g/mol. The van der Waals surface area contributed by atoms with E-state index in [1.54, 1.807) is 13.0 Å². The van der Waals surface area contributed by atoms with Crippen LogP contribution >= 0.6 is 23.2 Å². The number of carbonyl (C=O) groups is 1. The van der Waals surface area contributed by atoms with Gasteiger partial charge in [-0.3, -0.25) is 5.10 Å². The summed E-state index contributed by atoms with van der Waals surface area (Å²) in [5, 5.41) is 25.4. The molecule has 0 spiro atoms. The molecule has 0 aliphatic rings. The normalized spacial score (nSPS) is 11.7. The Morgan fingerprint density at radius 3 is 2.35 bits per heavy atom. The SMILES string of the molecule is Cc1cc(C(=Cc2cc(Cl)c(O)c(Cl)c2)C(=O)O)n[nH]1. The highest BCUT2D eigenvalue weighted by atomic mass is 35.5. The van der Waals surface area contributed by atoms with E-state index in [2.05, 4.69) is 10.2 Å². The smallest absolute Gasteiger partial charge is 0.337 e. The van der Waals surface area contributed by atoms with Gasteiger partial charge >= 0.3 is 5.97 Å². The van der Waals surface area contributed by atoms with Gasteiger partial charge in [0.25, 0.3) is 0 Å². The van der Waals surface area contributed by atoms with E-state index in [0.717, 1.165) is 5.69 Å². The van der Waals surface area contributed by atoms with Gasteiger partial charge in [0.2, 0.25) is 0 Å². The Balaban J connectivity index is 2.52. The molecule has 2 rings (SSSR count). The third-order valence-corrected chi connectivity index (χ3v) is 3.14. The maximum atomic E-state index is 11.3. The minimum atomic E-state index is -1.13. The molecular formula is C13H10Cl2N2O3. The Bertz CT molecular complexity index is 684. The molecule has 0 unspecified atom stereocenters. The number of benzene rings is 1. The lowest BCUT2D eigenvalue weighted by molar-refractivity contribution is -0.130. The van der Waals surface area contributed by atoms with E-state index >= 15 is 0 Å². The van der Waals surface area contributed by atoms with Gasteiger partial charge in [-0.15, -0.1) is 0 Å². The Kier molecular flexibility index (Phi) is 4.01. The third-order valence-electron chi connectivity index (χ3n) is 2.56. The van der Waals surface area contributed by atoms with Crippen molar-refractivity contribution in [2.75, 3.05) is 0 Å². The maximum absolute atomic E-state index is 11.3. The molecule has 104 valence electrons.